The number of para-hydroxylation sites is 2. The van der Waals surface area contributed by atoms with E-state index in [2.05, 4.69) is 32.2 Å². The average molecular weight is 427 g/mol. The normalized spacial score (nSPS) is 14.2. The van der Waals surface area contributed by atoms with Gasteiger partial charge in [-0.15, -0.1) is 10.2 Å². The molecule has 1 N–H and O–H groups in total. The van der Waals surface area contributed by atoms with E-state index in [1.54, 1.807) is 0 Å². The molecule has 5 rings (SSSR count). The van der Waals surface area contributed by atoms with Crippen molar-refractivity contribution in [2.24, 2.45) is 0 Å². The van der Waals surface area contributed by atoms with Gasteiger partial charge < -0.3 is 5.32 Å². The van der Waals surface area contributed by atoms with Crippen LogP contribution < -0.4 is 5.32 Å². The summed E-state index contributed by atoms with van der Waals surface area (Å²) in [5.74, 6) is 1.33. The maximum Gasteiger partial charge on any atom is 0.242 e. The van der Waals surface area contributed by atoms with E-state index in [1.165, 1.54) is 11.8 Å². The molecule has 5 nitrogen and oxygen atoms in total. The third-order valence-corrected chi connectivity index (χ3v) is 6.42. The number of nitrogens with zero attached hydrogens (tertiary/aromatic N) is 3. The van der Waals surface area contributed by atoms with Crippen LogP contribution in [-0.4, -0.2) is 20.7 Å². The summed E-state index contributed by atoms with van der Waals surface area (Å²) in [6.07, 6.45) is 2.26. The lowest BCUT2D eigenvalue weighted by Gasteiger charge is -2.17. The zero-order chi connectivity index (χ0) is 21.0. The molecule has 0 saturated heterocycles. The number of rotatable bonds is 7. The molecular weight excluding hydrogens is 404 g/mol. The van der Waals surface area contributed by atoms with E-state index in [-0.39, 0.29) is 5.91 Å². The van der Waals surface area contributed by atoms with Gasteiger partial charge in [-0.2, -0.15) is 0 Å². The molecule has 0 radical (unpaired) electrons. The second kappa shape index (κ2) is 8.78. The molecule has 1 atom stereocenters. The molecule has 6 heteroatoms. The minimum absolute atomic E-state index is 0.0852. The minimum Gasteiger partial charge on any atom is -0.325 e. The molecule has 1 aliphatic carbocycles. The van der Waals surface area contributed by atoms with Crippen molar-refractivity contribution < 1.29 is 4.79 Å². The molecule has 3 aromatic carbocycles. The smallest absolute Gasteiger partial charge is 0.242 e. The van der Waals surface area contributed by atoms with Crippen LogP contribution in [0.5, 0.6) is 0 Å². The van der Waals surface area contributed by atoms with E-state index in [0.717, 1.165) is 40.8 Å². The Morgan fingerprint density at radius 1 is 0.871 bits per heavy atom. The van der Waals surface area contributed by atoms with Gasteiger partial charge in [0.15, 0.2) is 5.16 Å². The summed E-state index contributed by atoms with van der Waals surface area (Å²) in [4.78, 5) is 13.3. The van der Waals surface area contributed by atoms with Gasteiger partial charge in [-0.1, -0.05) is 78.5 Å². The summed E-state index contributed by atoms with van der Waals surface area (Å²) in [6.45, 7) is 0. The van der Waals surface area contributed by atoms with E-state index in [4.69, 9.17) is 0 Å². The Kier molecular flexibility index (Phi) is 5.54. The van der Waals surface area contributed by atoms with Gasteiger partial charge >= 0.3 is 0 Å². The maximum absolute atomic E-state index is 13.3. The third kappa shape index (κ3) is 4.39. The van der Waals surface area contributed by atoms with Gasteiger partial charge in [0.1, 0.15) is 11.1 Å². The van der Waals surface area contributed by atoms with Crippen molar-refractivity contribution in [2.45, 2.75) is 29.2 Å². The quantitative estimate of drug-likeness (QED) is 0.390. The van der Waals surface area contributed by atoms with Crippen molar-refractivity contribution >= 4 is 23.4 Å². The molecule has 0 aliphatic heterocycles. The average Bonchev–Trinajstić information content (AvgIpc) is 3.58. The van der Waals surface area contributed by atoms with Gasteiger partial charge in [0, 0.05) is 17.3 Å². The van der Waals surface area contributed by atoms with Crippen LogP contribution >= 0.6 is 11.8 Å². The molecule has 1 saturated carbocycles. The zero-order valence-electron chi connectivity index (χ0n) is 16.9. The van der Waals surface area contributed by atoms with Crippen LogP contribution in [0, 0.1) is 0 Å². The molecule has 154 valence electrons. The van der Waals surface area contributed by atoms with Crippen LogP contribution in [0.3, 0.4) is 0 Å². The monoisotopic (exact) mass is 426 g/mol. The number of aromatic nitrogens is 3. The topological polar surface area (TPSA) is 59.8 Å². The molecule has 1 amide bonds. The lowest BCUT2D eigenvalue weighted by molar-refractivity contribution is -0.115. The first-order chi connectivity index (χ1) is 15.3. The molecule has 1 heterocycles. The highest BCUT2D eigenvalue weighted by atomic mass is 32.2. The summed E-state index contributed by atoms with van der Waals surface area (Å²) in [5, 5.41) is 12.3. The second-order valence-corrected chi connectivity index (χ2v) is 8.62. The standard InChI is InChI=1S/C25H22N4OS/c30-24(26-20-12-6-2-7-13-20)22(18-10-4-1-5-11-18)31-25-28-27-23(19-16-17-19)29(25)21-14-8-3-9-15-21/h1-15,19,22H,16-17H2,(H,26,30). The van der Waals surface area contributed by atoms with Gasteiger partial charge in [-0.05, 0) is 42.7 Å². The Labute approximate surface area is 185 Å². The van der Waals surface area contributed by atoms with Gasteiger partial charge in [0.05, 0.1) is 0 Å². The van der Waals surface area contributed by atoms with Crippen molar-refractivity contribution in [1.29, 1.82) is 0 Å². The molecule has 4 aromatic rings. The second-order valence-electron chi connectivity index (χ2n) is 7.55. The molecule has 0 spiro atoms. The van der Waals surface area contributed by atoms with Gasteiger partial charge in [-0.3, -0.25) is 9.36 Å². The summed E-state index contributed by atoms with van der Waals surface area (Å²) >= 11 is 1.43. The summed E-state index contributed by atoms with van der Waals surface area (Å²) in [5.41, 5.74) is 2.72. The number of thioether (sulfide) groups is 1. The Hall–Kier alpha value is -3.38. The van der Waals surface area contributed by atoms with Crippen LogP contribution in [0.15, 0.2) is 96.2 Å². The fraction of sp³-hybridized carbons (Fsp3) is 0.160. The Balaban J connectivity index is 1.51. The van der Waals surface area contributed by atoms with Crippen LogP contribution in [0.4, 0.5) is 5.69 Å². The molecule has 1 aliphatic rings. The summed E-state index contributed by atoms with van der Waals surface area (Å²) in [7, 11) is 0. The Bertz CT molecular complexity index is 1160. The zero-order valence-corrected chi connectivity index (χ0v) is 17.7. The summed E-state index contributed by atoms with van der Waals surface area (Å²) < 4.78 is 2.11. The van der Waals surface area contributed by atoms with Crippen LogP contribution in [0.2, 0.25) is 0 Å². The van der Waals surface area contributed by atoms with E-state index >= 15 is 0 Å². The number of amides is 1. The molecule has 1 unspecified atom stereocenters. The molecule has 0 bridgehead atoms. The third-order valence-electron chi connectivity index (χ3n) is 5.22. The fourth-order valence-corrected chi connectivity index (χ4v) is 4.58. The maximum atomic E-state index is 13.3. The van der Waals surface area contributed by atoms with E-state index < -0.39 is 5.25 Å². The van der Waals surface area contributed by atoms with Crippen molar-refractivity contribution in [1.82, 2.24) is 14.8 Å². The SMILES string of the molecule is O=C(Nc1ccccc1)C(Sc1nnc(C2CC2)n1-c1ccccc1)c1ccccc1. The molecule has 31 heavy (non-hydrogen) atoms. The minimum atomic E-state index is -0.458. The number of carbonyl (C=O) groups is 1. The molecule has 1 fully saturated rings. The van der Waals surface area contributed by atoms with E-state index in [0.29, 0.717) is 5.92 Å². The highest BCUT2D eigenvalue weighted by molar-refractivity contribution is 8.00. The number of hydrogen-bond acceptors (Lipinski definition) is 4. The fourth-order valence-electron chi connectivity index (χ4n) is 3.52. The van der Waals surface area contributed by atoms with Crippen LogP contribution in [0.25, 0.3) is 5.69 Å². The number of carbonyl (C=O) groups excluding carboxylic acids is 1. The van der Waals surface area contributed by atoms with E-state index in [9.17, 15) is 4.79 Å². The van der Waals surface area contributed by atoms with E-state index in [1.807, 2.05) is 78.9 Å². The number of hydrogen-bond donors (Lipinski definition) is 1. The van der Waals surface area contributed by atoms with Gasteiger partial charge in [-0.25, -0.2) is 0 Å². The van der Waals surface area contributed by atoms with Gasteiger partial charge in [0.2, 0.25) is 5.91 Å². The van der Waals surface area contributed by atoms with Crippen molar-refractivity contribution in [3.8, 4) is 5.69 Å². The van der Waals surface area contributed by atoms with Crippen LogP contribution in [0.1, 0.15) is 35.4 Å². The molecular formula is C25H22N4OS. The first-order valence-electron chi connectivity index (χ1n) is 10.4. The van der Waals surface area contributed by atoms with Crippen molar-refractivity contribution in [3.05, 3.63) is 102 Å². The number of anilines is 1. The largest absolute Gasteiger partial charge is 0.325 e. The number of nitrogens with one attached hydrogen (secondary N) is 1. The predicted octanol–water partition coefficient (Wildman–Crippen LogP) is 5.62. The Morgan fingerprint density at radius 2 is 1.48 bits per heavy atom. The van der Waals surface area contributed by atoms with Gasteiger partial charge in [0.25, 0.3) is 0 Å². The first-order valence-corrected chi connectivity index (χ1v) is 11.3. The Morgan fingerprint density at radius 3 is 2.13 bits per heavy atom. The first kappa shape index (κ1) is 19.6. The number of benzene rings is 3. The highest BCUT2D eigenvalue weighted by Gasteiger charge is 2.33. The summed E-state index contributed by atoms with van der Waals surface area (Å²) in [6, 6.07) is 29.5. The lowest BCUT2D eigenvalue weighted by Crippen LogP contribution is -2.19. The van der Waals surface area contributed by atoms with Crippen molar-refractivity contribution in [3.63, 3.8) is 0 Å². The van der Waals surface area contributed by atoms with Crippen molar-refractivity contribution in [2.75, 3.05) is 5.32 Å². The molecule has 1 aromatic heterocycles. The lowest BCUT2D eigenvalue weighted by atomic mass is 10.1. The van der Waals surface area contributed by atoms with Crippen LogP contribution in [-0.2, 0) is 4.79 Å². The predicted molar refractivity (Wildman–Crippen MR) is 123 cm³/mol. The highest BCUT2D eigenvalue weighted by Crippen LogP contribution is 2.43.